The second kappa shape index (κ2) is 14.3. The molecule has 4 nitrogen and oxygen atoms in total. The van der Waals surface area contributed by atoms with Crippen molar-refractivity contribution in [2.45, 2.75) is 63.8 Å². The Morgan fingerprint density at radius 2 is 1.82 bits per heavy atom. The van der Waals surface area contributed by atoms with Gasteiger partial charge in [-0.25, -0.2) is 3.53 Å². The molecule has 2 rings (SSSR count). The summed E-state index contributed by atoms with van der Waals surface area (Å²) in [5, 5.41) is 4.79. The quantitative estimate of drug-likeness (QED) is 0.185. The van der Waals surface area contributed by atoms with Crippen LogP contribution in [0.15, 0.2) is 18.2 Å². The molecule has 1 aromatic carbocycles. The van der Waals surface area contributed by atoms with Crippen LogP contribution in [0.4, 0.5) is 0 Å². The van der Waals surface area contributed by atoms with E-state index in [0.717, 1.165) is 31.1 Å². The van der Waals surface area contributed by atoms with Gasteiger partial charge < -0.3 is 10.2 Å². The summed E-state index contributed by atoms with van der Waals surface area (Å²) in [7, 11) is 0. The van der Waals surface area contributed by atoms with Crippen LogP contribution in [-0.4, -0.2) is 43.7 Å². The van der Waals surface area contributed by atoms with Gasteiger partial charge in [0.25, 0.3) is 0 Å². The Morgan fingerprint density at radius 1 is 1.07 bits per heavy atom. The van der Waals surface area contributed by atoms with Crippen molar-refractivity contribution in [3.05, 3.63) is 33.8 Å². The third kappa shape index (κ3) is 8.52. The van der Waals surface area contributed by atoms with E-state index in [0.29, 0.717) is 16.6 Å². The molecule has 160 valence electrons. The van der Waals surface area contributed by atoms with Crippen LogP contribution in [0.2, 0.25) is 10.0 Å². The smallest absolute Gasteiger partial charge is 0.236 e. The van der Waals surface area contributed by atoms with Gasteiger partial charge in [-0.2, -0.15) is 0 Å². The van der Waals surface area contributed by atoms with Gasteiger partial charge in [0, 0.05) is 12.6 Å². The molecule has 0 amide bonds. The number of hydrogen-bond acceptors (Lipinski definition) is 3. The van der Waals surface area contributed by atoms with Crippen LogP contribution >= 0.6 is 44.7 Å². The lowest BCUT2D eigenvalue weighted by Crippen LogP contribution is -2.40. The van der Waals surface area contributed by atoms with Crippen molar-refractivity contribution in [1.82, 2.24) is 13.7 Å². The molecule has 2 atom stereocenters. The van der Waals surface area contributed by atoms with Crippen molar-refractivity contribution >= 4 is 44.7 Å². The highest BCUT2D eigenvalue weighted by Crippen LogP contribution is 2.28. The number of nitrogens with one attached hydrogen (secondary N) is 2. The molecule has 1 saturated heterocycles. The van der Waals surface area contributed by atoms with Gasteiger partial charge in [-0.3, -0.25) is 3.07 Å². The van der Waals surface area contributed by atoms with E-state index in [-0.39, 0.29) is 5.92 Å². The summed E-state index contributed by atoms with van der Waals surface area (Å²) in [4.78, 5) is 2.70. The molecule has 28 heavy (non-hydrogen) atoms. The molecule has 1 aromatic rings. The number of likely N-dealkylation sites (tertiary alicyclic amines) is 1. The van der Waals surface area contributed by atoms with Crippen LogP contribution in [0, 0.1) is 0 Å². The van der Waals surface area contributed by atoms with Crippen molar-refractivity contribution in [1.29, 1.82) is 0 Å². The van der Waals surface area contributed by atoms with Gasteiger partial charge in [0.2, 0.25) is 21.5 Å². The highest BCUT2D eigenvalue weighted by molar-refractivity contribution is 14.1. The normalized spacial score (nSPS) is 17.5. The molecule has 1 aliphatic rings. The summed E-state index contributed by atoms with van der Waals surface area (Å²) in [5.74, 6) is 0.282. The van der Waals surface area contributed by atoms with Crippen LogP contribution in [0.5, 0.6) is 0 Å². The topological polar surface area (TPSA) is 44.4 Å². The van der Waals surface area contributed by atoms with Gasteiger partial charge in [-0.05, 0) is 81.9 Å². The lowest BCUT2D eigenvalue weighted by atomic mass is 9.96. The first-order chi connectivity index (χ1) is 13.7. The number of rotatable bonds is 13. The average Bonchev–Trinajstić information content (AvgIpc) is 2.72. The summed E-state index contributed by atoms with van der Waals surface area (Å²) in [6, 6.07) is 6.53. The fourth-order valence-electron chi connectivity index (χ4n) is 4.07. The van der Waals surface area contributed by atoms with Crippen LogP contribution in [0.1, 0.15) is 63.4 Å². The maximum Gasteiger partial charge on any atom is 0.236 e. The Bertz CT molecular complexity index is 585. The fourth-order valence-corrected chi connectivity index (χ4v) is 5.09. The molecule has 2 N–H and O–H groups in total. The van der Waals surface area contributed by atoms with Crippen molar-refractivity contribution in [3.8, 4) is 0 Å². The molecule has 1 aliphatic heterocycles. The van der Waals surface area contributed by atoms with Crippen LogP contribution in [0.25, 0.3) is 0 Å². The molecule has 1 fully saturated rings. The molecular weight excluding hydrogens is 508 g/mol. The molecule has 1 heterocycles. The van der Waals surface area contributed by atoms with Gasteiger partial charge in [0.1, 0.15) is 0 Å². The Balaban J connectivity index is 1.78. The predicted octanol–water partition coefficient (Wildman–Crippen LogP) is 5.92. The molecule has 7 heteroatoms. The second-order valence-electron chi connectivity index (χ2n) is 7.65. The number of halogens is 3. The van der Waals surface area contributed by atoms with Gasteiger partial charge in [-0.15, -0.1) is 0 Å². The Morgan fingerprint density at radius 3 is 2.50 bits per heavy atom. The molecule has 0 radical (unpaired) electrons. The van der Waals surface area contributed by atoms with Gasteiger partial charge in [0.15, 0.2) is 0 Å². The second-order valence-corrected chi connectivity index (χ2v) is 9.67. The molecule has 0 aliphatic carbocycles. The van der Waals surface area contributed by atoms with Crippen LogP contribution in [0.3, 0.4) is 0 Å². The zero-order chi connectivity index (χ0) is 20.2. The summed E-state index contributed by atoms with van der Waals surface area (Å²) in [5.41, 5.74) is 1.15. The van der Waals surface area contributed by atoms with Crippen LogP contribution in [-0.2, 0) is 3.07 Å². The molecule has 0 saturated carbocycles. The largest absolute Gasteiger partial charge is 0.317 e. The van der Waals surface area contributed by atoms with E-state index in [1.54, 1.807) is 0 Å². The minimum Gasteiger partial charge on any atom is -0.317 e. The lowest BCUT2D eigenvalue weighted by molar-refractivity contribution is 0.146. The first-order valence-corrected chi connectivity index (χ1v) is 13.3. The molecule has 0 bridgehead atoms. The molecule has 0 spiro atoms. The van der Waals surface area contributed by atoms with E-state index in [2.05, 4.69) is 20.7 Å². The van der Waals surface area contributed by atoms with E-state index >= 15 is 0 Å². The van der Waals surface area contributed by atoms with E-state index in [4.69, 9.17) is 23.2 Å². The Hall–Kier alpha value is 0.210. The van der Waals surface area contributed by atoms with Gasteiger partial charge >= 0.3 is 0 Å². The van der Waals surface area contributed by atoms with Crippen LogP contribution < -0.4 is 8.85 Å². The minimum absolute atomic E-state index is 0.282. The monoisotopic (exact) mass is 541 g/mol. The summed E-state index contributed by atoms with van der Waals surface area (Å²) in [6.07, 6.45) is 8.85. The van der Waals surface area contributed by atoms with E-state index < -0.39 is 21.5 Å². The lowest BCUT2D eigenvalue weighted by Gasteiger charge is -2.34. The number of piperidine rings is 1. The zero-order valence-electron chi connectivity index (χ0n) is 16.9. The SMILES string of the molecule is CCCC(CCNCCC(CNI=O)c1ccc(Cl)c(Cl)c1)N1CCCCC1. The first kappa shape index (κ1) is 24.5. The fraction of sp³-hybridized carbons (Fsp3) is 0.714. The summed E-state index contributed by atoms with van der Waals surface area (Å²) in [6.45, 7) is 7.54. The van der Waals surface area contributed by atoms with Crippen molar-refractivity contribution in [2.75, 3.05) is 32.7 Å². The summed E-state index contributed by atoms with van der Waals surface area (Å²) >= 11 is 11.1. The highest BCUT2D eigenvalue weighted by atomic mass is 127. The van der Waals surface area contributed by atoms with Crippen molar-refractivity contribution in [2.24, 2.45) is 0 Å². The third-order valence-corrected chi connectivity index (χ3v) is 7.14. The van der Waals surface area contributed by atoms with E-state index in [9.17, 15) is 3.07 Å². The zero-order valence-corrected chi connectivity index (χ0v) is 20.5. The van der Waals surface area contributed by atoms with Gasteiger partial charge in [-0.1, -0.05) is 49.0 Å². The number of nitrogens with zero attached hydrogens (tertiary/aromatic N) is 1. The Kier molecular flexibility index (Phi) is 12.5. The van der Waals surface area contributed by atoms with E-state index in [1.165, 1.54) is 51.6 Å². The third-order valence-electron chi connectivity index (χ3n) is 5.65. The van der Waals surface area contributed by atoms with E-state index in [1.807, 2.05) is 18.2 Å². The standard InChI is InChI=1S/C21H34Cl2IN3O/c1-2-6-19(27-13-4-3-5-14-27)10-12-25-11-9-18(16-26-24-28)17-7-8-20(22)21(23)15-17/h7-8,15,18-19,25H,2-6,9-14,16H2,1H3,(H,26,28). The maximum absolute atomic E-state index is 11.0. The average molecular weight is 542 g/mol. The van der Waals surface area contributed by atoms with Gasteiger partial charge in [0.05, 0.1) is 10.0 Å². The molecular formula is C21H34Cl2IN3O. The number of benzene rings is 1. The van der Waals surface area contributed by atoms with Crippen molar-refractivity contribution in [3.63, 3.8) is 0 Å². The minimum atomic E-state index is -1.16. The summed E-state index contributed by atoms with van der Waals surface area (Å²) < 4.78 is 14.0. The molecule has 2 unspecified atom stereocenters. The first-order valence-electron chi connectivity index (χ1n) is 10.5. The maximum atomic E-state index is 11.0. The van der Waals surface area contributed by atoms with Crippen molar-refractivity contribution < 1.29 is 3.07 Å². The number of hydrogen-bond donors (Lipinski definition) is 2. The highest BCUT2D eigenvalue weighted by Gasteiger charge is 2.19. The Labute approximate surface area is 191 Å². The predicted molar refractivity (Wildman–Crippen MR) is 128 cm³/mol. The molecule has 0 aromatic heterocycles.